The number of rotatable bonds is 13. The highest BCUT2D eigenvalue weighted by Gasteiger charge is 2.38. The van der Waals surface area contributed by atoms with Gasteiger partial charge in [0.1, 0.15) is 30.3 Å². The van der Waals surface area contributed by atoms with E-state index in [9.17, 15) is 23.7 Å². The van der Waals surface area contributed by atoms with Crippen molar-refractivity contribution < 1.29 is 32.5 Å². The topological polar surface area (TPSA) is 187 Å². The predicted molar refractivity (Wildman–Crippen MR) is 284 cm³/mol. The first-order chi connectivity index (χ1) is 35.8. The minimum Gasteiger partial charge on any atom is -0.494 e. The van der Waals surface area contributed by atoms with Gasteiger partial charge in [-0.1, -0.05) is 6.92 Å². The molecule has 11 rings (SSSR count). The molecule has 0 spiro atoms. The van der Waals surface area contributed by atoms with Crippen LogP contribution in [0.4, 0.5) is 43.3 Å². The van der Waals surface area contributed by atoms with E-state index < -0.39 is 36.5 Å². The van der Waals surface area contributed by atoms with Gasteiger partial charge in [-0.25, -0.2) is 18.4 Å². The number of benzene rings is 3. The van der Waals surface area contributed by atoms with Crippen LogP contribution in [-0.2, 0) is 25.4 Å². The van der Waals surface area contributed by atoms with Gasteiger partial charge < -0.3 is 34.6 Å². The van der Waals surface area contributed by atoms with E-state index >= 15 is 8.78 Å². The number of anilines is 6. The number of ether oxygens (including phenoxy) is 1. The fraction of sp³-hybridized carbons (Fsp3) is 0.491. The predicted octanol–water partition coefficient (Wildman–Crippen LogP) is 7.56. The summed E-state index contributed by atoms with van der Waals surface area (Å²) in [5.41, 5.74) is 3.49. The van der Waals surface area contributed by atoms with E-state index in [2.05, 4.69) is 70.8 Å². The number of methoxy groups -OCH3 is 1. The first kappa shape index (κ1) is 50.2. The minimum absolute atomic E-state index is 0.0230. The number of hydrogen-bond acceptors (Lipinski definition) is 14. The van der Waals surface area contributed by atoms with Crippen molar-refractivity contribution in [1.29, 1.82) is 0 Å². The molecule has 0 radical (unpaired) electrons. The number of aromatic nitrogens is 4. The summed E-state index contributed by atoms with van der Waals surface area (Å²) in [6.45, 7) is 7.51. The number of piperidine rings is 2. The van der Waals surface area contributed by atoms with Crippen LogP contribution in [0.2, 0.25) is 0 Å². The smallest absolute Gasteiger partial charge is 0.274 e. The molecule has 5 aliphatic heterocycles. The molecule has 5 saturated heterocycles. The van der Waals surface area contributed by atoms with E-state index in [4.69, 9.17) is 9.72 Å². The molecule has 3 amide bonds. The molecule has 74 heavy (non-hydrogen) atoms. The van der Waals surface area contributed by atoms with Crippen LogP contribution in [-0.4, -0.2) is 125 Å². The zero-order valence-electron chi connectivity index (χ0n) is 41.7. The van der Waals surface area contributed by atoms with Gasteiger partial charge in [-0.15, -0.1) is 0 Å². The van der Waals surface area contributed by atoms with Gasteiger partial charge in [0.25, 0.3) is 5.56 Å². The number of piperazine rings is 1. The Balaban J connectivity index is 0.709. The van der Waals surface area contributed by atoms with Crippen LogP contribution in [0.1, 0.15) is 87.8 Å². The highest BCUT2D eigenvalue weighted by atomic mass is 79.9. The monoisotopic (exact) mass is 1100 g/mol. The average molecular weight is 1100 g/mol. The Morgan fingerprint density at radius 1 is 0.851 bits per heavy atom. The maximum absolute atomic E-state index is 15.3. The fourth-order valence-electron chi connectivity index (χ4n) is 11.9. The molecule has 1 saturated carbocycles. The third-order valence-corrected chi connectivity index (χ3v) is 20.0. The summed E-state index contributed by atoms with van der Waals surface area (Å²) in [4.78, 5) is 69.5. The Morgan fingerprint density at radius 3 is 2.27 bits per heavy atom. The summed E-state index contributed by atoms with van der Waals surface area (Å²) in [6, 6.07) is 10.8. The van der Waals surface area contributed by atoms with Crippen molar-refractivity contribution in [2.75, 3.05) is 92.2 Å². The number of nitrogens with one attached hydrogen (secondary N) is 3. The molecule has 3 aromatic carbocycles. The number of fused-ring (bicyclic) bond motifs is 1. The highest BCUT2D eigenvalue weighted by molar-refractivity contribution is 9.10. The molecule has 5 aromatic rings. The second-order valence-corrected chi connectivity index (χ2v) is 24.6. The lowest BCUT2D eigenvalue weighted by Crippen LogP contribution is -2.55. The van der Waals surface area contributed by atoms with Gasteiger partial charge in [-0.05, 0) is 110 Å². The normalized spacial score (nSPS) is 21.6. The Morgan fingerprint density at radius 2 is 1.58 bits per heavy atom. The van der Waals surface area contributed by atoms with E-state index in [1.54, 1.807) is 30.3 Å². The molecule has 2 atom stereocenters. The average Bonchev–Trinajstić information content (AvgIpc) is 3.95. The Labute approximate surface area is 436 Å². The van der Waals surface area contributed by atoms with E-state index in [1.165, 1.54) is 12.1 Å². The summed E-state index contributed by atoms with van der Waals surface area (Å²) in [7, 11) is -1.18. The summed E-state index contributed by atoms with van der Waals surface area (Å²) >= 11 is 3.64. The van der Waals surface area contributed by atoms with Crippen LogP contribution < -0.4 is 41.4 Å². The molecule has 2 aromatic heterocycles. The summed E-state index contributed by atoms with van der Waals surface area (Å²) in [6.07, 6.45) is 11.5. The van der Waals surface area contributed by atoms with Crippen molar-refractivity contribution >= 4 is 91.4 Å². The number of nitrogens with zero attached hydrogens (tertiary/aromatic N) is 8. The van der Waals surface area contributed by atoms with Crippen LogP contribution in [0.25, 0.3) is 10.8 Å². The van der Waals surface area contributed by atoms with E-state index in [1.807, 2.05) is 15.9 Å². The maximum atomic E-state index is 15.3. The van der Waals surface area contributed by atoms with Crippen LogP contribution in [0.5, 0.6) is 5.75 Å². The van der Waals surface area contributed by atoms with Crippen LogP contribution in [0, 0.1) is 17.6 Å². The molecule has 17 nitrogen and oxygen atoms in total. The Kier molecular flexibility index (Phi) is 14.0. The van der Waals surface area contributed by atoms with Gasteiger partial charge in [0.05, 0.1) is 52.4 Å². The van der Waals surface area contributed by atoms with Crippen molar-refractivity contribution in [3.8, 4) is 5.75 Å². The quantitative estimate of drug-likeness (QED) is 0.0775. The molecule has 3 N–H and O–H groups in total. The van der Waals surface area contributed by atoms with Gasteiger partial charge in [0.15, 0.2) is 0 Å². The van der Waals surface area contributed by atoms with Gasteiger partial charge in [0.2, 0.25) is 23.7 Å². The van der Waals surface area contributed by atoms with Crippen molar-refractivity contribution in [1.82, 2.24) is 34.9 Å². The van der Waals surface area contributed by atoms with Crippen LogP contribution in [0.15, 0.2) is 58.1 Å². The highest BCUT2D eigenvalue weighted by Crippen LogP contribution is 2.54. The molecular formula is C53H61BrF2N11O6P. The fourth-order valence-corrected chi connectivity index (χ4v) is 15.5. The van der Waals surface area contributed by atoms with Gasteiger partial charge in [-0.3, -0.25) is 29.4 Å². The van der Waals surface area contributed by atoms with E-state index in [0.29, 0.717) is 100 Å². The van der Waals surface area contributed by atoms with Crippen molar-refractivity contribution in [2.24, 2.45) is 5.92 Å². The number of aryl methyl sites for hydroxylation is 1. The molecular weight excluding hydrogens is 1040 g/mol. The zero-order chi connectivity index (χ0) is 51.4. The summed E-state index contributed by atoms with van der Waals surface area (Å²) in [5.74, 6) is -2.61. The molecule has 6 fully saturated rings. The van der Waals surface area contributed by atoms with Gasteiger partial charge >= 0.3 is 0 Å². The Bertz CT molecular complexity index is 3130. The number of hydrogen-bond donors (Lipinski definition) is 3. The second-order valence-electron chi connectivity index (χ2n) is 20.6. The number of amides is 3. The summed E-state index contributed by atoms with van der Waals surface area (Å²) < 4.78 is 53.5. The standard InChI is InChI=1S/C53H61BrF2N11O6P/c1-3-31-24-43(60-53-57-29-39(54)49(62-53)59-42-10-8-36-38(48(42)74(72)22-4-5-23-74)28-58-67(52(36)71)34-6-7-34)45(73-2)27-44(31)64-16-13-33(14-17-64)63-18-20-65(21-19-63)51(70)32-12-15-66(30-32)35-25-40(55)47(41(56)26-35)37-9-11-46(68)61-50(37)69/h8,10,24-29,32-34,37H,3-7,9,11-23,30H2,1-2H3,(H,61,68,69)(H2,57,59,60,62)/t32-,37?/m1/s1. The molecule has 7 heterocycles. The largest absolute Gasteiger partial charge is 0.494 e. The first-order valence-corrected chi connectivity index (χ1v) is 28.9. The van der Waals surface area contributed by atoms with Crippen LogP contribution >= 0.6 is 23.1 Å². The van der Waals surface area contributed by atoms with Crippen molar-refractivity contribution in [3.63, 3.8) is 0 Å². The molecule has 0 bridgehead atoms. The maximum Gasteiger partial charge on any atom is 0.274 e. The third kappa shape index (κ3) is 9.77. The molecule has 390 valence electrons. The zero-order valence-corrected chi connectivity index (χ0v) is 44.2. The SMILES string of the molecule is CCc1cc(Nc2ncc(Br)c(Nc3ccc4c(=O)n(C5CC5)ncc4c3P3(=O)CCCC3)n2)c(OC)cc1N1CCC(N2CCN(C(=O)[C@@H]3CCN(c4cc(F)c(C5CCC(=O)NC5=O)c(F)c4)C3)CC2)CC1. The number of carbonyl (C=O) groups is 3. The lowest BCUT2D eigenvalue weighted by atomic mass is 9.89. The molecule has 1 aliphatic carbocycles. The third-order valence-electron chi connectivity index (χ3n) is 16.1. The lowest BCUT2D eigenvalue weighted by Gasteiger charge is -2.44. The molecule has 21 heteroatoms. The number of carbonyl (C=O) groups excluding carboxylic acids is 3. The van der Waals surface area contributed by atoms with Gasteiger partial charge in [0, 0.05) is 117 Å². The minimum atomic E-state index is -2.83. The lowest BCUT2D eigenvalue weighted by molar-refractivity contribution is -0.137. The van der Waals surface area contributed by atoms with E-state index in [-0.39, 0.29) is 41.8 Å². The van der Waals surface area contributed by atoms with Crippen LogP contribution in [0.3, 0.4) is 0 Å². The number of halogens is 3. The first-order valence-electron chi connectivity index (χ1n) is 26.0. The van der Waals surface area contributed by atoms with Crippen molar-refractivity contribution in [3.05, 3.63) is 86.4 Å². The van der Waals surface area contributed by atoms with Crippen molar-refractivity contribution in [2.45, 2.75) is 89.1 Å². The molecule has 6 aliphatic rings. The van der Waals surface area contributed by atoms with E-state index in [0.717, 1.165) is 88.1 Å². The van der Waals surface area contributed by atoms with Gasteiger partial charge in [-0.2, -0.15) is 10.1 Å². The Hall–Kier alpha value is -5.98. The summed E-state index contributed by atoms with van der Waals surface area (Å²) in [5, 5.41) is 15.4. The second kappa shape index (κ2) is 20.6. The molecule has 1 unspecified atom stereocenters. The number of imide groups is 1.